The molecule has 0 saturated heterocycles. The quantitative estimate of drug-likeness (QED) is 0.704. The Bertz CT molecular complexity index is 344. The maximum atomic E-state index is 9.62. The lowest BCUT2D eigenvalue weighted by molar-refractivity contribution is 0.271. The average Bonchev–Trinajstić information content (AvgIpc) is 2.87. The molecule has 1 aliphatic heterocycles. The molecule has 0 bridgehead atoms. The number of phenolic OH excluding ortho intramolecular Hbond substituents is 1. The molecule has 0 radical (unpaired) electrons. The van der Waals surface area contributed by atoms with E-state index in [1.807, 2.05) is 6.07 Å². The van der Waals surface area contributed by atoms with Crippen LogP contribution < -0.4 is 0 Å². The average molecular weight is 175 g/mol. The maximum absolute atomic E-state index is 9.62. The minimum atomic E-state index is 0.473. The third kappa shape index (κ3) is 1.13. The van der Waals surface area contributed by atoms with Crippen molar-refractivity contribution in [1.82, 2.24) is 4.90 Å². The van der Waals surface area contributed by atoms with Gasteiger partial charge in [0.2, 0.25) is 0 Å². The summed E-state index contributed by atoms with van der Waals surface area (Å²) in [6.07, 6.45) is 2.68. The first kappa shape index (κ1) is 7.39. The fourth-order valence-electron chi connectivity index (χ4n) is 2.13. The normalized spacial score (nSPS) is 21.8. The van der Waals surface area contributed by atoms with E-state index in [1.54, 1.807) is 6.07 Å². The Morgan fingerprint density at radius 2 is 2.08 bits per heavy atom. The molecule has 3 rings (SSSR count). The third-order valence-electron chi connectivity index (χ3n) is 3.05. The molecule has 0 aromatic heterocycles. The molecule has 68 valence electrons. The highest BCUT2D eigenvalue weighted by Gasteiger charge is 2.33. The van der Waals surface area contributed by atoms with E-state index in [2.05, 4.69) is 11.0 Å². The lowest BCUT2D eigenvalue weighted by atomic mass is 10.1. The van der Waals surface area contributed by atoms with Crippen molar-refractivity contribution in [2.75, 3.05) is 0 Å². The standard InChI is InChI=1S/C11H13NO/c13-11-3-1-2-8-6-12(7-10(8)11)9-4-5-9/h1-3,9,13H,4-7H2. The first-order valence-electron chi connectivity index (χ1n) is 4.88. The number of hydrogen-bond acceptors (Lipinski definition) is 2. The van der Waals surface area contributed by atoms with Gasteiger partial charge < -0.3 is 5.11 Å². The molecule has 0 spiro atoms. The molecule has 1 heterocycles. The van der Waals surface area contributed by atoms with Crippen LogP contribution in [-0.4, -0.2) is 16.0 Å². The number of nitrogens with zero attached hydrogens (tertiary/aromatic N) is 1. The molecule has 1 fully saturated rings. The number of benzene rings is 1. The zero-order valence-electron chi connectivity index (χ0n) is 7.53. The molecular formula is C11H13NO. The first-order valence-corrected chi connectivity index (χ1v) is 4.88. The van der Waals surface area contributed by atoms with Crippen LogP contribution in [0.5, 0.6) is 5.75 Å². The molecule has 1 aromatic carbocycles. The van der Waals surface area contributed by atoms with Gasteiger partial charge in [0, 0.05) is 24.7 Å². The topological polar surface area (TPSA) is 23.5 Å². The Morgan fingerprint density at radius 1 is 1.23 bits per heavy atom. The van der Waals surface area contributed by atoms with Crippen molar-refractivity contribution in [3.05, 3.63) is 29.3 Å². The lowest BCUT2D eigenvalue weighted by Gasteiger charge is -2.12. The van der Waals surface area contributed by atoms with Gasteiger partial charge in [0.25, 0.3) is 0 Å². The highest BCUT2D eigenvalue weighted by molar-refractivity contribution is 5.41. The minimum Gasteiger partial charge on any atom is -0.508 e. The number of aromatic hydroxyl groups is 1. The van der Waals surface area contributed by atoms with Crippen molar-refractivity contribution < 1.29 is 5.11 Å². The highest BCUT2D eigenvalue weighted by atomic mass is 16.3. The second-order valence-corrected chi connectivity index (χ2v) is 4.05. The summed E-state index contributed by atoms with van der Waals surface area (Å²) in [5, 5.41) is 9.62. The van der Waals surface area contributed by atoms with Gasteiger partial charge >= 0.3 is 0 Å². The highest BCUT2D eigenvalue weighted by Crippen LogP contribution is 2.37. The lowest BCUT2D eigenvalue weighted by Crippen LogP contribution is -2.18. The molecule has 2 heteroatoms. The van der Waals surface area contributed by atoms with E-state index in [9.17, 15) is 5.11 Å². The number of fused-ring (bicyclic) bond motifs is 1. The van der Waals surface area contributed by atoms with Gasteiger partial charge in [-0.2, -0.15) is 0 Å². The van der Waals surface area contributed by atoms with Crippen LogP contribution in [0.15, 0.2) is 18.2 Å². The Balaban J connectivity index is 1.94. The molecule has 0 unspecified atom stereocenters. The molecule has 1 aromatic rings. The summed E-state index contributed by atoms with van der Waals surface area (Å²) in [6, 6.07) is 6.64. The summed E-state index contributed by atoms with van der Waals surface area (Å²) in [5.74, 6) is 0.473. The van der Waals surface area contributed by atoms with Crippen molar-refractivity contribution in [2.45, 2.75) is 32.0 Å². The predicted octanol–water partition coefficient (Wildman–Crippen LogP) is 1.87. The second kappa shape index (κ2) is 2.48. The molecule has 13 heavy (non-hydrogen) atoms. The number of phenols is 1. The fourth-order valence-corrected chi connectivity index (χ4v) is 2.13. The number of hydrogen-bond donors (Lipinski definition) is 1. The summed E-state index contributed by atoms with van der Waals surface area (Å²) >= 11 is 0. The van der Waals surface area contributed by atoms with Gasteiger partial charge in [0.05, 0.1) is 0 Å². The summed E-state index contributed by atoms with van der Waals surface area (Å²) in [7, 11) is 0. The van der Waals surface area contributed by atoms with Crippen molar-refractivity contribution in [3.63, 3.8) is 0 Å². The van der Waals surface area contributed by atoms with Crippen LogP contribution >= 0.6 is 0 Å². The van der Waals surface area contributed by atoms with E-state index in [-0.39, 0.29) is 0 Å². The molecule has 1 saturated carbocycles. The van der Waals surface area contributed by atoms with Gasteiger partial charge in [-0.15, -0.1) is 0 Å². The molecule has 0 amide bonds. The molecular weight excluding hydrogens is 162 g/mol. The van der Waals surface area contributed by atoms with Crippen molar-refractivity contribution in [3.8, 4) is 5.75 Å². The Hall–Kier alpha value is -1.02. The van der Waals surface area contributed by atoms with E-state index in [4.69, 9.17) is 0 Å². The van der Waals surface area contributed by atoms with Gasteiger partial charge in [0.1, 0.15) is 5.75 Å². The van der Waals surface area contributed by atoms with Gasteiger partial charge in [-0.3, -0.25) is 4.90 Å². The third-order valence-corrected chi connectivity index (χ3v) is 3.05. The van der Waals surface area contributed by atoms with Gasteiger partial charge in [-0.1, -0.05) is 12.1 Å². The first-order chi connectivity index (χ1) is 6.34. The minimum absolute atomic E-state index is 0.473. The van der Waals surface area contributed by atoms with E-state index in [0.29, 0.717) is 5.75 Å². The Labute approximate surface area is 77.8 Å². The monoisotopic (exact) mass is 175 g/mol. The zero-order valence-corrected chi connectivity index (χ0v) is 7.53. The molecule has 2 aliphatic rings. The maximum Gasteiger partial charge on any atom is 0.120 e. The summed E-state index contributed by atoms with van der Waals surface area (Å²) < 4.78 is 0. The Morgan fingerprint density at radius 3 is 2.77 bits per heavy atom. The fraction of sp³-hybridized carbons (Fsp3) is 0.455. The van der Waals surface area contributed by atoms with E-state index < -0.39 is 0 Å². The van der Waals surface area contributed by atoms with Crippen molar-refractivity contribution >= 4 is 0 Å². The summed E-state index contributed by atoms with van der Waals surface area (Å²) in [4.78, 5) is 2.46. The van der Waals surface area contributed by atoms with Crippen LogP contribution in [0.3, 0.4) is 0 Å². The summed E-state index contributed by atoms with van der Waals surface area (Å²) in [5.41, 5.74) is 2.46. The van der Waals surface area contributed by atoms with Crippen molar-refractivity contribution in [2.24, 2.45) is 0 Å². The van der Waals surface area contributed by atoms with E-state index >= 15 is 0 Å². The molecule has 1 N–H and O–H groups in total. The van der Waals surface area contributed by atoms with E-state index in [0.717, 1.165) is 24.7 Å². The van der Waals surface area contributed by atoms with E-state index in [1.165, 1.54) is 18.4 Å². The smallest absolute Gasteiger partial charge is 0.120 e. The zero-order chi connectivity index (χ0) is 8.84. The predicted molar refractivity (Wildman–Crippen MR) is 50.4 cm³/mol. The molecule has 0 atom stereocenters. The van der Waals surface area contributed by atoms with Gasteiger partial charge in [-0.25, -0.2) is 0 Å². The Kier molecular flexibility index (Phi) is 1.41. The van der Waals surface area contributed by atoms with Crippen LogP contribution in [0, 0.1) is 0 Å². The second-order valence-electron chi connectivity index (χ2n) is 4.05. The molecule has 1 aliphatic carbocycles. The molecule has 2 nitrogen and oxygen atoms in total. The van der Waals surface area contributed by atoms with Crippen LogP contribution in [0.4, 0.5) is 0 Å². The SMILES string of the molecule is Oc1cccc2c1CN(C1CC1)C2. The van der Waals surface area contributed by atoms with Crippen LogP contribution in [0.2, 0.25) is 0 Å². The summed E-state index contributed by atoms with van der Waals surface area (Å²) in [6.45, 7) is 1.99. The van der Waals surface area contributed by atoms with Gasteiger partial charge in [0.15, 0.2) is 0 Å². The largest absolute Gasteiger partial charge is 0.508 e. The van der Waals surface area contributed by atoms with Crippen molar-refractivity contribution in [1.29, 1.82) is 0 Å². The van der Waals surface area contributed by atoms with Crippen LogP contribution in [0.25, 0.3) is 0 Å². The van der Waals surface area contributed by atoms with Crippen LogP contribution in [0.1, 0.15) is 24.0 Å². The van der Waals surface area contributed by atoms with Crippen LogP contribution in [-0.2, 0) is 13.1 Å². The van der Waals surface area contributed by atoms with Gasteiger partial charge in [-0.05, 0) is 24.5 Å². The number of rotatable bonds is 1.